The second-order valence-corrected chi connectivity index (χ2v) is 18.6. The van der Waals surface area contributed by atoms with Crippen LogP contribution in [0, 0.1) is 13.8 Å². The van der Waals surface area contributed by atoms with Gasteiger partial charge in [-0.05, 0) is 122 Å². The quantitative estimate of drug-likeness (QED) is 0.0973. The van der Waals surface area contributed by atoms with Crippen molar-refractivity contribution in [1.29, 1.82) is 0 Å². The molecule has 0 radical (unpaired) electrons. The molecule has 82 heavy (non-hydrogen) atoms. The Morgan fingerprint density at radius 1 is 0.707 bits per heavy atom. The molecule has 4 aromatic carbocycles. The molecular weight excluding hydrogens is 1430 g/mol. The number of pyridine rings is 2. The van der Waals surface area contributed by atoms with Crippen LogP contribution < -0.4 is 153 Å². The normalized spacial score (nSPS) is 10.8. The molecule has 18 nitrogen and oxygen atoms in total. The molecule has 10 rings (SSSR count). The van der Waals surface area contributed by atoms with Crippen LogP contribution in [0.2, 0.25) is 0 Å². The summed E-state index contributed by atoms with van der Waals surface area (Å²) in [6.07, 6.45) is -10.7. The molecule has 0 saturated heterocycles. The summed E-state index contributed by atoms with van der Waals surface area (Å²) >= 11 is 6.36. The van der Waals surface area contributed by atoms with E-state index in [4.69, 9.17) is 19.7 Å². The van der Waals surface area contributed by atoms with Gasteiger partial charge in [-0.15, -0.1) is 16.4 Å². The zero-order valence-corrected chi connectivity index (χ0v) is 58.8. The third-order valence-electron chi connectivity index (χ3n) is 10.8. The number of thiazole rings is 1. The predicted molar refractivity (Wildman–Crippen MR) is 284 cm³/mol. The first kappa shape index (κ1) is 69.8. The number of fused-ring (bicyclic) bond motifs is 2. The van der Waals surface area contributed by atoms with Gasteiger partial charge in [-0.25, -0.2) is 33.9 Å². The molecule has 0 spiro atoms. The van der Waals surface area contributed by atoms with E-state index in [0.29, 0.717) is 38.1 Å². The molecule has 10 aromatic rings. The molecule has 0 atom stereocenters. The molecule has 6 aromatic heterocycles. The van der Waals surface area contributed by atoms with Gasteiger partial charge < -0.3 is 34.7 Å². The molecule has 0 fully saturated rings. The summed E-state index contributed by atoms with van der Waals surface area (Å²) in [6.45, 7) is 5.37. The van der Waals surface area contributed by atoms with E-state index in [2.05, 4.69) is 67.5 Å². The van der Waals surface area contributed by atoms with Crippen molar-refractivity contribution >= 4 is 77.3 Å². The number of phenolic OH excluding ortho intramolecular Hbond substituents is 1. The van der Waals surface area contributed by atoms with Crippen molar-refractivity contribution in [3.05, 3.63) is 172 Å². The topological polar surface area (TPSA) is 256 Å². The van der Waals surface area contributed by atoms with Gasteiger partial charge in [0.25, 0.3) is 0 Å². The molecule has 0 aliphatic carbocycles. The molecule has 6 heterocycles. The Kier molecular flexibility index (Phi) is 26.7. The molecular formula is C53H42BrCs2F6N9O9S2. The summed E-state index contributed by atoms with van der Waals surface area (Å²) in [5.41, 5.74) is 4.77. The summed E-state index contributed by atoms with van der Waals surface area (Å²) in [5.74, 6) is -2.73. The van der Waals surface area contributed by atoms with Crippen molar-refractivity contribution < 1.29 is 208 Å². The number of nitrogens with zero attached hydrogens (tertiary/aromatic N) is 9. The van der Waals surface area contributed by atoms with E-state index in [1.807, 2.05) is 50.2 Å². The maximum atomic E-state index is 13.7. The Bertz CT molecular complexity index is 3820. The smallest absolute Gasteiger partial charge is 0.652 e. The van der Waals surface area contributed by atoms with Crippen molar-refractivity contribution in [2.45, 2.75) is 52.5 Å². The van der Waals surface area contributed by atoms with Gasteiger partial charge in [0.05, 0.1) is 50.8 Å². The Hall–Kier alpha value is -4.72. The van der Waals surface area contributed by atoms with E-state index in [0.717, 1.165) is 48.7 Å². The number of aromatic hydroxyl groups is 1. The maximum absolute atomic E-state index is 13.7. The number of esters is 1. The van der Waals surface area contributed by atoms with Crippen molar-refractivity contribution in [2.24, 2.45) is 0 Å². The fraction of sp³-hybridized carbons (Fsp3) is 0.170. The summed E-state index contributed by atoms with van der Waals surface area (Å²) in [5, 5.41) is 48.1. The monoisotopic (exact) mass is 1470 g/mol. The SMILES string of the molecule is BrCc1ccc2snnc2c1.C.CCOC(=O)c1cnn(-c2cccc(-c3cc(C)ccc3O)n2)c1C(F)(F)F.Cc1ccc(OCc2ccc3scnc3c2)c(-c2cccc(-n3ncc(C(=O)O)c3C(F)(F)F)n2)c1.O=C([O-])[O-].[Cs+].[Cs+]. The number of rotatable bonds is 11. The minimum Gasteiger partial charge on any atom is -0.652 e. The number of hydrogen-bond donors (Lipinski definition) is 2. The van der Waals surface area contributed by atoms with Gasteiger partial charge in [-0.3, -0.25) is 0 Å². The number of halogens is 7. The fourth-order valence-corrected chi connectivity index (χ4v) is 8.92. The van der Waals surface area contributed by atoms with Gasteiger partial charge in [-0.1, -0.05) is 75.4 Å². The van der Waals surface area contributed by atoms with Gasteiger partial charge >= 0.3 is 162 Å². The van der Waals surface area contributed by atoms with Crippen LogP contribution in [0.3, 0.4) is 0 Å². The van der Waals surface area contributed by atoms with Gasteiger partial charge in [-0.2, -0.15) is 36.5 Å². The molecule has 0 amide bonds. The molecule has 0 aliphatic heterocycles. The standard InChI is InChI=1S/C25H17F3N4O3S.C19H16F3N3O3.C7H5BrN2S.CH2O3.CH4.2Cs/c1-14-5-7-20(35-12-15-6-8-21-19(10-15)29-13-36-21)16(9-14)18-3-2-4-22(31-18)32-23(25(26,27)28)17(11-30-32)24(33)34;1-3-28-18(27)13-10-23-25(17(13)19(20,21)22)16-6-4-5-14(24-16)12-9-11(2)7-8-15(12)26;8-4-5-1-2-7-6(3-5)9-10-11-7;2-1(3)4;;;/h2-11,13H,12H2,1H3,(H,33,34);4-10,26H,3H2,1-2H3;1-3H,4H2;(H2,2,3,4);1H4;;/q;;;;;2*+1/p-2. The summed E-state index contributed by atoms with van der Waals surface area (Å²) in [7, 11) is 0. The number of aromatic carboxylic acids is 1. The number of ether oxygens (including phenoxy) is 2. The van der Waals surface area contributed by atoms with Crippen molar-refractivity contribution in [3.8, 4) is 45.6 Å². The molecule has 0 saturated carbocycles. The van der Waals surface area contributed by atoms with Crippen LogP contribution >= 0.6 is 38.8 Å². The number of carbonyl (C=O) groups excluding carboxylic acids is 2. The number of carboxylic acid groups (broad SMARTS) is 3. The van der Waals surface area contributed by atoms with Gasteiger partial charge in [0.2, 0.25) is 0 Å². The van der Waals surface area contributed by atoms with Crippen LogP contribution in [0.4, 0.5) is 31.1 Å². The molecule has 2 N–H and O–H groups in total. The number of aromatic nitrogens is 9. The van der Waals surface area contributed by atoms with Crippen LogP contribution in [0.1, 0.15) is 68.7 Å². The Morgan fingerprint density at radius 3 is 1.83 bits per heavy atom. The first-order valence-electron chi connectivity index (χ1n) is 22.7. The summed E-state index contributed by atoms with van der Waals surface area (Å²) in [6, 6.07) is 31.2. The van der Waals surface area contributed by atoms with Gasteiger partial charge in [0.1, 0.15) is 34.7 Å². The van der Waals surface area contributed by atoms with E-state index in [9.17, 15) is 46.1 Å². The molecule has 0 unspecified atom stereocenters. The number of hydrogen-bond acceptors (Lipinski definition) is 17. The Labute approximate surface area is 597 Å². The molecule has 0 bridgehead atoms. The molecule has 416 valence electrons. The zero-order chi connectivity index (χ0) is 57.2. The van der Waals surface area contributed by atoms with Crippen LogP contribution in [-0.2, 0) is 29.0 Å². The number of benzene rings is 4. The Morgan fingerprint density at radius 2 is 1.24 bits per heavy atom. The predicted octanol–water partition coefficient (Wildman–Crippen LogP) is 5.08. The van der Waals surface area contributed by atoms with Crippen LogP contribution in [0.15, 0.2) is 127 Å². The van der Waals surface area contributed by atoms with Crippen LogP contribution in [-0.4, -0.2) is 79.0 Å². The second kappa shape index (κ2) is 31.4. The van der Waals surface area contributed by atoms with E-state index >= 15 is 0 Å². The third-order valence-corrected chi connectivity index (χ3v) is 13.0. The third kappa shape index (κ3) is 18.2. The average molecular weight is 1470 g/mol. The number of aryl methyl sites for hydroxylation is 2. The first-order chi connectivity index (χ1) is 37.6. The average Bonchev–Trinajstić information content (AvgIpc) is 4.27. The van der Waals surface area contributed by atoms with E-state index in [1.54, 1.807) is 47.2 Å². The van der Waals surface area contributed by atoms with Gasteiger partial charge in [0.15, 0.2) is 23.0 Å². The number of phenols is 1. The van der Waals surface area contributed by atoms with Gasteiger partial charge in [0, 0.05) is 16.5 Å². The minimum absolute atomic E-state index is 0. The van der Waals surface area contributed by atoms with Crippen molar-refractivity contribution in [3.63, 3.8) is 0 Å². The largest absolute Gasteiger partial charge is 1.00 e. The fourth-order valence-electron chi connectivity index (χ4n) is 7.38. The van der Waals surface area contributed by atoms with E-state index in [1.165, 1.54) is 54.4 Å². The van der Waals surface area contributed by atoms with E-state index in [-0.39, 0.29) is 182 Å². The number of carbonyl (C=O) groups is 3. The maximum Gasteiger partial charge on any atom is 1.00 e. The second-order valence-electron chi connectivity index (χ2n) is 16.3. The Balaban J connectivity index is 0.000000278. The molecule has 29 heteroatoms. The van der Waals surface area contributed by atoms with Crippen molar-refractivity contribution in [2.75, 3.05) is 6.61 Å². The number of carboxylic acids is 1. The van der Waals surface area contributed by atoms with Crippen molar-refractivity contribution in [1.82, 2.24) is 44.1 Å². The van der Waals surface area contributed by atoms with E-state index < -0.39 is 53.0 Å². The number of alkyl halides is 7. The molecule has 0 aliphatic rings. The van der Waals surface area contributed by atoms with Crippen LogP contribution in [0.25, 0.3) is 54.6 Å². The summed E-state index contributed by atoms with van der Waals surface area (Å²) < 4.78 is 99.8. The zero-order valence-electron chi connectivity index (χ0n) is 43.0. The first-order valence-corrected chi connectivity index (χ1v) is 25.5. The minimum atomic E-state index is -4.95. The van der Waals surface area contributed by atoms with Crippen LogP contribution in [0.5, 0.6) is 11.5 Å². The summed E-state index contributed by atoms with van der Waals surface area (Å²) in [4.78, 5) is 44.4.